The van der Waals surface area contributed by atoms with Gasteiger partial charge >= 0.3 is 0 Å². The summed E-state index contributed by atoms with van der Waals surface area (Å²) in [6.07, 6.45) is 5.64. The second kappa shape index (κ2) is 6.92. The van der Waals surface area contributed by atoms with Gasteiger partial charge in [0.15, 0.2) is 0 Å². The molecule has 0 aliphatic heterocycles. The predicted octanol–water partition coefficient (Wildman–Crippen LogP) is 4.72. The highest BCUT2D eigenvalue weighted by atomic mass is 16.1. The molecule has 3 nitrogen and oxygen atoms in total. The number of benzene rings is 1. The van der Waals surface area contributed by atoms with Crippen molar-refractivity contribution < 1.29 is 4.79 Å². The van der Waals surface area contributed by atoms with Crippen LogP contribution in [-0.4, -0.2) is 16.9 Å². The molecule has 1 aromatic heterocycles. The molecule has 2 atom stereocenters. The molecular weight excluding hydrogens is 296 g/mol. The summed E-state index contributed by atoms with van der Waals surface area (Å²) in [5, 5.41) is 4.30. The average Bonchev–Trinajstić information content (AvgIpc) is 2.56. The third-order valence-electron chi connectivity index (χ3n) is 5.47. The fourth-order valence-corrected chi connectivity index (χ4v) is 3.93. The van der Waals surface area contributed by atoms with Gasteiger partial charge in [-0.1, -0.05) is 38.3 Å². The number of amides is 1. The van der Waals surface area contributed by atoms with Crippen molar-refractivity contribution >= 4 is 16.8 Å². The van der Waals surface area contributed by atoms with Crippen molar-refractivity contribution in [3.05, 3.63) is 40.6 Å². The molecule has 1 aromatic carbocycles. The average molecular weight is 324 g/mol. The molecule has 1 N–H and O–H groups in total. The van der Waals surface area contributed by atoms with Crippen LogP contribution in [0.1, 0.15) is 66.7 Å². The molecule has 1 amide bonds. The number of aromatic nitrogens is 1. The van der Waals surface area contributed by atoms with Gasteiger partial charge < -0.3 is 5.32 Å². The number of nitrogens with zero attached hydrogens (tertiary/aromatic N) is 1. The minimum absolute atomic E-state index is 0.0685. The molecule has 3 heteroatoms. The van der Waals surface area contributed by atoms with Crippen molar-refractivity contribution in [1.29, 1.82) is 0 Å². The molecule has 1 aliphatic rings. The molecule has 24 heavy (non-hydrogen) atoms. The van der Waals surface area contributed by atoms with Crippen LogP contribution >= 0.6 is 0 Å². The molecule has 2 aromatic rings. The van der Waals surface area contributed by atoms with E-state index in [1.165, 1.54) is 19.3 Å². The lowest BCUT2D eigenvalue weighted by molar-refractivity contribution is 0.0911. The summed E-state index contributed by atoms with van der Waals surface area (Å²) < 4.78 is 0. The number of pyridine rings is 1. The Hall–Kier alpha value is -1.90. The van der Waals surface area contributed by atoms with Gasteiger partial charge in [0.1, 0.15) is 0 Å². The zero-order valence-corrected chi connectivity index (χ0v) is 15.3. The fraction of sp³-hybridized carbons (Fsp3) is 0.524. The number of hydrogen-bond donors (Lipinski definition) is 1. The van der Waals surface area contributed by atoms with Gasteiger partial charge in [0.2, 0.25) is 0 Å². The first-order chi connectivity index (χ1) is 11.5. The second-order valence-corrected chi connectivity index (χ2v) is 7.27. The number of carbonyl (C=O) groups is 1. The van der Waals surface area contributed by atoms with Gasteiger partial charge in [-0.3, -0.25) is 9.78 Å². The zero-order valence-electron chi connectivity index (χ0n) is 15.3. The lowest BCUT2D eigenvalue weighted by Gasteiger charge is -2.30. The molecule has 1 heterocycles. The first-order valence-corrected chi connectivity index (χ1v) is 9.22. The number of hydrogen-bond acceptors (Lipinski definition) is 2. The molecule has 0 bridgehead atoms. The van der Waals surface area contributed by atoms with E-state index in [1.807, 2.05) is 13.0 Å². The number of rotatable bonds is 3. The normalized spacial score (nSPS) is 21.0. The highest BCUT2D eigenvalue weighted by Crippen LogP contribution is 2.27. The van der Waals surface area contributed by atoms with Crippen LogP contribution in [0.25, 0.3) is 10.9 Å². The van der Waals surface area contributed by atoms with E-state index in [0.717, 1.165) is 46.1 Å². The molecular formula is C21H28N2O. The Labute approximate surface area is 144 Å². The Balaban J connectivity index is 2.04. The molecule has 0 spiro atoms. The van der Waals surface area contributed by atoms with E-state index >= 15 is 0 Å². The number of aryl methyl sites for hydroxylation is 2. The van der Waals surface area contributed by atoms with Crippen molar-refractivity contribution in [2.24, 2.45) is 5.92 Å². The van der Waals surface area contributed by atoms with Gasteiger partial charge in [0.05, 0.1) is 11.1 Å². The van der Waals surface area contributed by atoms with Crippen molar-refractivity contribution in [3.8, 4) is 0 Å². The second-order valence-electron chi connectivity index (χ2n) is 7.27. The van der Waals surface area contributed by atoms with E-state index in [-0.39, 0.29) is 5.91 Å². The van der Waals surface area contributed by atoms with Crippen molar-refractivity contribution in [2.75, 3.05) is 0 Å². The van der Waals surface area contributed by atoms with E-state index in [4.69, 9.17) is 4.98 Å². The first-order valence-electron chi connectivity index (χ1n) is 9.22. The minimum atomic E-state index is 0.0685. The summed E-state index contributed by atoms with van der Waals surface area (Å²) in [5.41, 5.74) is 4.95. The van der Waals surface area contributed by atoms with Crippen LogP contribution in [0.15, 0.2) is 18.2 Å². The van der Waals surface area contributed by atoms with Gasteiger partial charge in [-0.05, 0) is 56.7 Å². The summed E-state index contributed by atoms with van der Waals surface area (Å²) in [6, 6.07) is 6.48. The molecule has 1 aliphatic carbocycles. The summed E-state index contributed by atoms with van der Waals surface area (Å²) in [4.78, 5) is 17.9. The standard InChI is InChI=1S/C21H28N2O/c1-5-17-15(4)20(16-12-13(2)10-11-19(16)22-17)21(24)23-18-9-7-6-8-14(18)3/h10-12,14,18H,5-9H2,1-4H3,(H,23,24)/t14-,18-/m1/s1. The van der Waals surface area contributed by atoms with Gasteiger partial charge in [-0.15, -0.1) is 0 Å². The Kier molecular flexibility index (Phi) is 4.88. The molecule has 0 saturated heterocycles. The molecule has 1 saturated carbocycles. The lowest BCUT2D eigenvalue weighted by Crippen LogP contribution is -2.41. The minimum Gasteiger partial charge on any atom is -0.349 e. The quantitative estimate of drug-likeness (QED) is 0.887. The van der Waals surface area contributed by atoms with Crippen molar-refractivity contribution in [3.63, 3.8) is 0 Å². The Bertz CT molecular complexity index is 766. The smallest absolute Gasteiger partial charge is 0.252 e. The summed E-state index contributed by atoms with van der Waals surface area (Å²) in [6.45, 7) is 8.45. The topological polar surface area (TPSA) is 42.0 Å². The van der Waals surface area contributed by atoms with Crippen LogP contribution in [0.2, 0.25) is 0 Å². The summed E-state index contributed by atoms with van der Waals surface area (Å²) >= 11 is 0. The predicted molar refractivity (Wildman–Crippen MR) is 99.5 cm³/mol. The summed E-state index contributed by atoms with van der Waals surface area (Å²) in [5.74, 6) is 0.627. The molecule has 1 fully saturated rings. The Morgan fingerprint density at radius 2 is 2.00 bits per heavy atom. The third kappa shape index (κ3) is 3.17. The van der Waals surface area contributed by atoms with E-state index in [1.54, 1.807) is 0 Å². The SMILES string of the molecule is CCc1nc2ccc(C)cc2c(C(=O)N[C@@H]2CCCC[C@H]2C)c1C. The van der Waals surface area contributed by atoms with Gasteiger partial charge in [0.25, 0.3) is 5.91 Å². The van der Waals surface area contributed by atoms with Crippen LogP contribution in [0.5, 0.6) is 0 Å². The van der Waals surface area contributed by atoms with Crippen molar-refractivity contribution in [2.45, 2.75) is 65.8 Å². The largest absolute Gasteiger partial charge is 0.349 e. The van der Waals surface area contributed by atoms with Crippen LogP contribution in [0, 0.1) is 19.8 Å². The van der Waals surface area contributed by atoms with E-state index in [9.17, 15) is 4.79 Å². The molecule has 128 valence electrons. The summed E-state index contributed by atoms with van der Waals surface area (Å²) in [7, 11) is 0. The number of fused-ring (bicyclic) bond motifs is 1. The maximum Gasteiger partial charge on any atom is 0.252 e. The number of nitrogens with one attached hydrogen (secondary N) is 1. The van der Waals surface area contributed by atoms with Crippen LogP contribution < -0.4 is 5.32 Å². The zero-order chi connectivity index (χ0) is 17.3. The highest BCUT2D eigenvalue weighted by molar-refractivity contribution is 6.07. The van der Waals surface area contributed by atoms with E-state index < -0.39 is 0 Å². The molecule has 3 rings (SSSR count). The molecule has 0 radical (unpaired) electrons. The Morgan fingerprint density at radius 3 is 2.71 bits per heavy atom. The highest BCUT2D eigenvalue weighted by Gasteiger charge is 2.25. The van der Waals surface area contributed by atoms with E-state index in [2.05, 4.69) is 38.2 Å². The number of carbonyl (C=O) groups excluding carboxylic acids is 1. The van der Waals surface area contributed by atoms with Crippen LogP contribution in [0.4, 0.5) is 0 Å². The molecule has 0 unspecified atom stereocenters. The monoisotopic (exact) mass is 324 g/mol. The van der Waals surface area contributed by atoms with Crippen LogP contribution in [0.3, 0.4) is 0 Å². The van der Waals surface area contributed by atoms with Crippen LogP contribution in [-0.2, 0) is 6.42 Å². The van der Waals surface area contributed by atoms with Gasteiger partial charge in [-0.25, -0.2) is 0 Å². The lowest BCUT2D eigenvalue weighted by atomic mass is 9.85. The first kappa shape index (κ1) is 16.9. The van der Waals surface area contributed by atoms with Crippen molar-refractivity contribution in [1.82, 2.24) is 10.3 Å². The fourth-order valence-electron chi connectivity index (χ4n) is 3.93. The van der Waals surface area contributed by atoms with Gasteiger partial charge in [-0.2, -0.15) is 0 Å². The third-order valence-corrected chi connectivity index (χ3v) is 5.47. The van der Waals surface area contributed by atoms with Gasteiger partial charge in [0, 0.05) is 17.1 Å². The maximum absolute atomic E-state index is 13.1. The maximum atomic E-state index is 13.1. The Morgan fingerprint density at radius 1 is 1.25 bits per heavy atom. The van der Waals surface area contributed by atoms with E-state index in [0.29, 0.717) is 12.0 Å².